The molecule has 3 aromatic rings. The normalized spacial score (nSPS) is 11.2. The molecule has 0 aliphatic carbocycles. The first kappa shape index (κ1) is 22.5. The molecule has 3 rings (SSSR count). The molecule has 2 N–H and O–H groups in total. The number of benzene rings is 3. The quantitative estimate of drug-likeness (QED) is 0.400. The van der Waals surface area contributed by atoms with Gasteiger partial charge in [-0.1, -0.05) is 42.5 Å². The van der Waals surface area contributed by atoms with Crippen LogP contribution in [-0.4, -0.2) is 20.9 Å². The molecule has 1 amide bonds. The van der Waals surface area contributed by atoms with Crippen LogP contribution >= 0.6 is 22.6 Å². The van der Waals surface area contributed by atoms with Crippen molar-refractivity contribution in [3.05, 3.63) is 93.6 Å². The SMILES string of the molecule is O=C(CCc1ccc(S(=O)(=O)NCCc2ccccc2)cc1)Nc1ccc(I)cc1. The standard InChI is InChI=1S/C23H23IN2O3S/c24-20-9-11-21(12-10-20)26-23(27)15-8-19-6-13-22(14-7-19)30(28,29)25-17-16-18-4-2-1-3-5-18/h1-7,9-14,25H,8,15-17H2,(H,26,27). The molecule has 0 aliphatic rings. The molecule has 0 aromatic heterocycles. The van der Waals surface area contributed by atoms with Crippen LogP contribution in [-0.2, 0) is 27.7 Å². The van der Waals surface area contributed by atoms with Crippen molar-refractivity contribution in [3.8, 4) is 0 Å². The van der Waals surface area contributed by atoms with Gasteiger partial charge in [0.25, 0.3) is 0 Å². The van der Waals surface area contributed by atoms with E-state index >= 15 is 0 Å². The van der Waals surface area contributed by atoms with E-state index in [1.165, 1.54) is 0 Å². The zero-order valence-electron chi connectivity index (χ0n) is 16.3. The highest BCUT2D eigenvalue weighted by atomic mass is 127. The van der Waals surface area contributed by atoms with Gasteiger partial charge in [-0.25, -0.2) is 13.1 Å². The number of nitrogens with one attached hydrogen (secondary N) is 2. The monoisotopic (exact) mass is 534 g/mol. The van der Waals surface area contributed by atoms with Gasteiger partial charge >= 0.3 is 0 Å². The molecule has 0 saturated heterocycles. The third kappa shape index (κ3) is 6.93. The van der Waals surface area contributed by atoms with Crippen LogP contribution < -0.4 is 10.0 Å². The van der Waals surface area contributed by atoms with Crippen molar-refractivity contribution < 1.29 is 13.2 Å². The van der Waals surface area contributed by atoms with Crippen LogP contribution in [0, 0.1) is 3.57 Å². The fraction of sp³-hybridized carbons (Fsp3) is 0.174. The molecule has 5 nitrogen and oxygen atoms in total. The molecule has 0 atom stereocenters. The van der Waals surface area contributed by atoms with E-state index in [-0.39, 0.29) is 10.8 Å². The number of sulfonamides is 1. The summed E-state index contributed by atoms with van der Waals surface area (Å²) in [6, 6.07) is 24.0. The number of amides is 1. The van der Waals surface area contributed by atoms with Gasteiger partial charge in [0.1, 0.15) is 0 Å². The highest BCUT2D eigenvalue weighted by Crippen LogP contribution is 2.14. The summed E-state index contributed by atoms with van der Waals surface area (Å²) >= 11 is 2.21. The summed E-state index contributed by atoms with van der Waals surface area (Å²) < 4.78 is 28.6. The minimum absolute atomic E-state index is 0.0736. The molecule has 0 heterocycles. The van der Waals surface area contributed by atoms with E-state index in [9.17, 15) is 13.2 Å². The summed E-state index contributed by atoms with van der Waals surface area (Å²) in [6.45, 7) is 0.340. The van der Waals surface area contributed by atoms with Gasteiger partial charge in [0, 0.05) is 22.2 Å². The van der Waals surface area contributed by atoms with Gasteiger partial charge in [0.05, 0.1) is 4.90 Å². The van der Waals surface area contributed by atoms with Gasteiger partial charge in [0.15, 0.2) is 0 Å². The fourth-order valence-electron chi connectivity index (χ4n) is 2.91. The van der Waals surface area contributed by atoms with E-state index in [0.717, 1.165) is 20.4 Å². The molecule has 7 heteroatoms. The van der Waals surface area contributed by atoms with E-state index in [4.69, 9.17) is 0 Å². The first-order valence-corrected chi connectivity index (χ1v) is 12.2. The molecule has 0 radical (unpaired) electrons. The lowest BCUT2D eigenvalue weighted by atomic mass is 10.1. The Kier molecular flexibility index (Phi) is 8.01. The Morgan fingerprint density at radius 1 is 0.800 bits per heavy atom. The zero-order chi connectivity index (χ0) is 21.4. The molecule has 0 spiro atoms. The van der Waals surface area contributed by atoms with Crippen molar-refractivity contribution in [2.24, 2.45) is 0 Å². The number of carbonyl (C=O) groups is 1. The average Bonchev–Trinajstić information content (AvgIpc) is 2.75. The van der Waals surface area contributed by atoms with E-state index in [2.05, 4.69) is 32.6 Å². The van der Waals surface area contributed by atoms with E-state index in [1.807, 2.05) is 54.6 Å². The average molecular weight is 534 g/mol. The summed E-state index contributed by atoms with van der Waals surface area (Å²) in [5.41, 5.74) is 2.76. The Balaban J connectivity index is 1.48. The lowest BCUT2D eigenvalue weighted by Crippen LogP contribution is -2.26. The molecular weight excluding hydrogens is 511 g/mol. The topological polar surface area (TPSA) is 75.3 Å². The van der Waals surface area contributed by atoms with Gasteiger partial charge in [-0.15, -0.1) is 0 Å². The highest BCUT2D eigenvalue weighted by molar-refractivity contribution is 14.1. The van der Waals surface area contributed by atoms with Crippen LogP contribution in [0.5, 0.6) is 0 Å². The van der Waals surface area contributed by atoms with Crippen molar-refractivity contribution in [1.29, 1.82) is 0 Å². The van der Waals surface area contributed by atoms with Crippen LogP contribution in [0.15, 0.2) is 83.8 Å². The van der Waals surface area contributed by atoms with Crippen LogP contribution in [0.1, 0.15) is 17.5 Å². The summed E-state index contributed by atoms with van der Waals surface area (Å²) in [6.07, 6.45) is 1.50. The third-order valence-electron chi connectivity index (χ3n) is 4.55. The van der Waals surface area contributed by atoms with Crippen molar-refractivity contribution in [1.82, 2.24) is 4.72 Å². The molecule has 0 saturated carbocycles. The molecule has 3 aromatic carbocycles. The first-order valence-electron chi connectivity index (χ1n) is 9.60. The summed E-state index contributed by atoms with van der Waals surface area (Å²) in [4.78, 5) is 12.3. The van der Waals surface area contributed by atoms with Gasteiger partial charge in [-0.3, -0.25) is 4.79 Å². The number of carbonyl (C=O) groups excluding carboxylic acids is 1. The maximum atomic E-state index is 12.5. The van der Waals surface area contributed by atoms with E-state index < -0.39 is 10.0 Å². The number of hydrogen-bond donors (Lipinski definition) is 2. The van der Waals surface area contributed by atoms with Gasteiger partial charge in [-0.05, 0) is 83.0 Å². The number of halogens is 1. The Hall–Kier alpha value is -2.23. The third-order valence-corrected chi connectivity index (χ3v) is 6.75. The Morgan fingerprint density at radius 3 is 2.10 bits per heavy atom. The number of rotatable bonds is 9. The second-order valence-electron chi connectivity index (χ2n) is 6.83. The van der Waals surface area contributed by atoms with E-state index in [1.54, 1.807) is 24.3 Å². The fourth-order valence-corrected chi connectivity index (χ4v) is 4.30. The molecule has 0 bridgehead atoms. The second-order valence-corrected chi connectivity index (χ2v) is 9.84. The molecule has 30 heavy (non-hydrogen) atoms. The van der Waals surface area contributed by atoms with Gasteiger partial charge in [0.2, 0.25) is 15.9 Å². The van der Waals surface area contributed by atoms with E-state index in [0.29, 0.717) is 25.8 Å². The Bertz CT molecular complexity index is 1070. The predicted molar refractivity (Wildman–Crippen MR) is 128 cm³/mol. The molecule has 0 fully saturated rings. The van der Waals surface area contributed by atoms with Crippen LogP contribution in [0.2, 0.25) is 0 Å². The maximum Gasteiger partial charge on any atom is 0.240 e. The lowest BCUT2D eigenvalue weighted by Gasteiger charge is -2.08. The highest BCUT2D eigenvalue weighted by Gasteiger charge is 2.13. The zero-order valence-corrected chi connectivity index (χ0v) is 19.3. The van der Waals surface area contributed by atoms with Gasteiger partial charge in [-0.2, -0.15) is 0 Å². The van der Waals surface area contributed by atoms with Crippen LogP contribution in [0.25, 0.3) is 0 Å². The molecular formula is C23H23IN2O3S. The summed E-state index contributed by atoms with van der Waals surface area (Å²) in [7, 11) is -3.55. The molecule has 0 aliphatic heterocycles. The second kappa shape index (κ2) is 10.7. The van der Waals surface area contributed by atoms with Gasteiger partial charge < -0.3 is 5.32 Å². The molecule has 0 unspecified atom stereocenters. The summed E-state index contributed by atoms with van der Waals surface area (Å²) in [5, 5.41) is 2.86. The maximum absolute atomic E-state index is 12.5. The number of aryl methyl sites for hydroxylation is 1. The lowest BCUT2D eigenvalue weighted by molar-refractivity contribution is -0.116. The minimum atomic E-state index is -3.55. The van der Waals surface area contributed by atoms with Crippen molar-refractivity contribution in [2.75, 3.05) is 11.9 Å². The number of anilines is 1. The van der Waals surface area contributed by atoms with Crippen molar-refractivity contribution in [3.63, 3.8) is 0 Å². The largest absolute Gasteiger partial charge is 0.326 e. The smallest absolute Gasteiger partial charge is 0.240 e. The first-order chi connectivity index (χ1) is 14.4. The Morgan fingerprint density at radius 2 is 1.43 bits per heavy atom. The van der Waals surface area contributed by atoms with Crippen molar-refractivity contribution in [2.45, 2.75) is 24.2 Å². The summed E-state index contributed by atoms with van der Waals surface area (Å²) in [5.74, 6) is -0.0736. The molecule has 156 valence electrons. The predicted octanol–water partition coefficient (Wildman–Crippen LogP) is 4.38. The number of hydrogen-bond acceptors (Lipinski definition) is 3. The van der Waals surface area contributed by atoms with Crippen LogP contribution in [0.4, 0.5) is 5.69 Å². The Labute approximate surface area is 191 Å². The van der Waals surface area contributed by atoms with Crippen LogP contribution in [0.3, 0.4) is 0 Å². The minimum Gasteiger partial charge on any atom is -0.326 e. The van der Waals surface area contributed by atoms with Crippen molar-refractivity contribution >= 4 is 44.2 Å².